The smallest absolute Gasteiger partial charge is 0.348 e. The van der Waals surface area contributed by atoms with Gasteiger partial charge in [-0.2, -0.15) is 4.68 Å². The van der Waals surface area contributed by atoms with E-state index in [2.05, 4.69) is 22.0 Å². The van der Waals surface area contributed by atoms with Crippen LogP contribution in [0.1, 0.15) is 43.1 Å². The standard InChI is InChI=1S/C21H20N4O6S/c1-4-11-31-20(28)15-12(3)14(19(27)30-5-2)18(32-15)23-17(26)16-22-21(29)25(24-16)13-9-7-6-8-10-13/h4,6-10H,1,5,11H2,2-3H3,(H,23,26)(H,22,24,29). The minimum absolute atomic E-state index is 0.00916. The number of aromatic amines is 1. The summed E-state index contributed by atoms with van der Waals surface area (Å²) in [6, 6.07) is 8.55. The summed E-state index contributed by atoms with van der Waals surface area (Å²) < 4.78 is 11.2. The molecule has 1 aromatic carbocycles. The summed E-state index contributed by atoms with van der Waals surface area (Å²) in [5.41, 5.74) is 0.198. The number of esters is 2. The minimum atomic E-state index is -0.769. The molecule has 32 heavy (non-hydrogen) atoms. The third-order valence-corrected chi connectivity index (χ3v) is 5.39. The van der Waals surface area contributed by atoms with E-state index in [1.807, 2.05) is 0 Å². The van der Waals surface area contributed by atoms with Gasteiger partial charge in [-0.05, 0) is 31.5 Å². The predicted molar refractivity (Wildman–Crippen MR) is 118 cm³/mol. The Morgan fingerprint density at radius 3 is 2.59 bits per heavy atom. The fourth-order valence-electron chi connectivity index (χ4n) is 2.78. The van der Waals surface area contributed by atoms with Crippen molar-refractivity contribution in [3.05, 3.63) is 75.3 Å². The molecule has 0 aliphatic carbocycles. The van der Waals surface area contributed by atoms with Crippen molar-refractivity contribution < 1.29 is 23.9 Å². The number of carbonyl (C=O) groups is 3. The molecule has 0 atom stereocenters. The highest BCUT2D eigenvalue weighted by Crippen LogP contribution is 2.34. The maximum Gasteiger partial charge on any atom is 0.348 e. The molecular formula is C21H20N4O6S. The Hall–Kier alpha value is -3.99. The summed E-state index contributed by atoms with van der Waals surface area (Å²) in [4.78, 5) is 52.3. The van der Waals surface area contributed by atoms with E-state index in [0.29, 0.717) is 11.3 Å². The first-order valence-electron chi connectivity index (χ1n) is 9.52. The number of amides is 1. The van der Waals surface area contributed by atoms with Gasteiger partial charge >= 0.3 is 17.6 Å². The van der Waals surface area contributed by atoms with Crippen molar-refractivity contribution in [2.75, 3.05) is 18.5 Å². The van der Waals surface area contributed by atoms with Gasteiger partial charge in [0.25, 0.3) is 5.91 Å². The Kier molecular flexibility index (Phi) is 7.00. The molecule has 0 bridgehead atoms. The number of nitrogens with zero attached hydrogens (tertiary/aromatic N) is 2. The van der Waals surface area contributed by atoms with Crippen LogP contribution in [0.4, 0.5) is 5.00 Å². The Labute approximate surface area is 186 Å². The van der Waals surface area contributed by atoms with Gasteiger partial charge in [-0.15, -0.1) is 16.4 Å². The van der Waals surface area contributed by atoms with Gasteiger partial charge in [-0.25, -0.2) is 14.4 Å². The molecule has 3 rings (SSSR count). The second-order valence-electron chi connectivity index (χ2n) is 6.35. The van der Waals surface area contributed by atoms with Gasteiger partial charge in [0.2, 0.25) is 5.82 Å². The zero-order chi connectivity index (χ0) is 23.3. The van der Waals surface area contributed by atoms with Crippen molar-refractivity contribution >= 4 is 34.2 Å². The summed E-state index contributed by atoms with van der Waals surface area (Å²) >= 11 is 0.861. The minimum Gasteiger partial charge on any atom is -0.462 e. The summed E-state index contributed by atoms with van der Waals surface area (Å²) in [7, 11) is 0. The molecule has 2 N–H and O–H groups in total. The lowest BCUT2D eigenvalue weighted by Crippen LogP contribution is -2.17. The van der Waals surface area contributed by atoms with E-state index in [4.69, 9.17) is 9.47 Å². The molecule has 1 amide bonds. The topological polar surface area (TPSA) is 132 Å². The van der Waals surface area contributed by atoms with Crippen LogP contribution in [0.25, 0.3) is 5.69 Å². The Morgan fingerprint density at radius 1 is 1.22 bits per heavy atom. The molecule has 3 aromatic rings. The molecule has 0 saturated heterocycles. The van der Waals surface area contributed by atoms with Crippen LogP contribution in [0.5, 0.6) is 0 Å². The van der Waals surface area contributed by atoms with Gasteiger partial charge in [0.05, 0.1) is 17.9 Å². The molecule has 2 aromatic heterocycles. The van der Waals surface area contributed by atoms with Crippen molar-refractivity contribution in [1.29, 1.82) is 0 Å². The summed E-state index contributed by atoms with van der Waals surface area (Å²) in [6.07, 6.45) is 1.41. The average Bonchev–Trinajstić information content (AvgIpc) is 3.32. The van der Waals surface area contributed by atoms with Gasteiger partial charge in [-0.1, -0.05) is 30.9 Å². The van der Waals surface area contributed by atoms with E-state index in [1.165, 1.54) is 6.08 Å². The van der Waals surface area contributed by atoms with Crippen molar-refractivity contribution in [1.82, 2.24) is 14.8 Å². The SMILES string of the molecule is C=CCOC(=O)c1sc(NC(=O)c2nn(-c3ccccc3)c(=O)[nH]2)c(C(=O)OCC)c1C. The number of H-pyrrole nitrogens is 1. The van der Waals surface area contributed by atoms with Gasteiger partial charge < -0.3 is 14.8 Å². The number of anilines is 1. The number of benzene rings is 1. The van der Waals surface area contributed by atoms with Crippen molar-refractivity contribution in [2.45, 2.75) is 13.8 Å². The molecule has 0 aliphatic heterocycles. The maximum absolute atomic E-state index is 12.8. The number of thiophene rings is 1. The molecular weight excluding hydrogens is 436 g/mol. The summed E-state index contributed by atoms with van der Waals surface area (Å²) in [5.74, 6) is -2.41. The molecule has 0 spiro atoms. The zero-order valence-electron chi connectivity index (χ0n) is 17.3. The van der Waals surface area contributed by atoms with Gasteiger partial charge in [-0.3, -0.25) is 9.78 Å². The van der Waals surface area contributed by atoms with Crippen LogP contribution in [0, 0.1) is 6.92 Å². The first kappa shape index (κ1) is 22.7. The highest BCUT2D eigenvalue weighted by molar-refractivity contribution is 7.18. The van der Waals surface area contributed by atoms with Crippen molar-refractivity contribution in [3.8, 4) is 5.69 Å². The number of rotatable bonds is 8. The molecule has 11 heteroatoms. The Balaban J connectivity index is 1.94. The van der Waals surface area contributed by atoms with Crippen LogP contribution < -0.4 is 11.0 Å². The largest absolute Gasteiger partial charge is 0.462 e. The zero-order valence-corrected chi connectivity index (χ0v) is 18.2. The quantitative estimate of drug-likeness (QED) is 0.393. The number of hydrogen-bond acceptors (Lipinski definition) is 8. The third-order valence-electron chi connectivity index (χ3n) is 4.20. The highest BCUT2D eigenvalue weighted by atomic mass is 32.1. The Bertz CT molecular complexity index is 1220. The summed E-state index contributed by atoms with van der Waals surface area (Å²) in [5, 5.41) is 6.62. The number of aromatic nitrogens is 3. The molecule has 0 radical (unpaired) electrons. The molecule has 10 nitrogen and oxygen atoms in total. The van der Waals surface area contributed by atoms with Crippen molar-refractivity contribution in [2.24, 2.45) is 0 Å². The van der Waals surface area contributed by atoms with E-state index < -0.39 is 23.5 Å². The van der Waals surface area contributed by atoms with E-state index in [0.717, 1.165) is 16.0 Å². The molecule has 2 heterocycles. The molecule has 0 saturated carbocycles. The maximum atomic E-state index is 12.8. The van der Waals surface area contributed by atoms with Crippen LogP contribution in [0.2, 0.25) is 0 Å². The lowest BCUT2D eigenvalue weighted by atomic mass is 10.1. The van der Waals surface area contributed by atoms with Gasteiger partial charge in [0.1, 0.15) is 16.5 Å². The van der Waals surface area contributed by atoms with E-state index in [-0.39, 0.29) is 34.5 Å². The fourth-order valence-corrected chi connectivity index (χ4v) is 3.86. The first-order chi connectivity index (χ1) is 15.4. The molecule has 166 valence electrons. The van der Waals surface area contributed by atoms with Gasteiger partial charge in [0, 0.05) is 0 Å². The first-order valence-corrected chi connectivity index (χ1v) is 10.3. The van der Waals surface area contributed by atoms with Gasteiger partial charge in [0.15, 0.2) is 0 Å². The molecule has 0 unspecified atom stereocenters. The highest BCUT2D eigenvalue weighted by Gasteiger charge is 2.28. The molecule has 0 fully saturated rings. The van der Waals surface area contributed by atoms with Crippen LogP contribution in [-0.2, 0) is 9.47 Å². The fraction of sp³-hybridized carbons (Fsp3) is 0.190. The van der Waals surface area contributed by atoms with E-state index in [9.17, 15) is 19.2 Å². The van der Waals surface area contributed by atoms with Crippen molar-refractivity contribution in [3.63, 3.8) is 0 Å². The van der Waals surface area contributed by atoms with Crippen LogP contribution >= 0.6 is 11.3 Å². The normalized spacial score (nSPS) is 10.4. The number of nitrogens with one attached hydrogen (secondary N) is 2. The summed E-state index contributed by atoms with van der Waals surface area (Å²) in [6.45, 7) is 6.77. The monoisotopic (exact) mass is 456 g/mol. The molecule has 0 aliphatic rings. The van der Waals surface area contributed by atoms with E-state index >= 15 is 0 Å². The second kappa shape index (κ2) is 9.88. The van der Waals surface area contributed by atoms with Crippen LogP contribution in [0.3, 0.4) is 0 Å². The number of para-hydroxylation sites is 1. The lowest BCUT2D eigenvalue weighted by molar-refractivity contribution is 0.0527. The average molecular weight is 456 g/mol. The van der Waals surface area contributed by atoms with E-state index in [1.54, 1.807) is 44.2 Å². The number of ether oxygens (including phenoxy) is 2. The number of hydrogen-bond donors (Lipinski definition) is 2. The lowest BCUT2D eigenvalue weighted by Gasteiger charge is -2.06. The number of carbonyl (C=O) groups excluding carboxylic acids is 3. The third kappa shape index (κ3) is 4.67. The second-order valence-corrected chi connectivity index (χ2v) is 7.37. The van der Waals surface area contributed by atoms with Crippen LogP contribution in [-0.4, -0.2) is 45.8 Å². The predicted octanol–water partition coefficient (Wildman–Crippen LogP) is 2.70. The Morgan fingerprint density at radius 2 is 1.94 bits per heavy atom. The van der Waals surface area contributed by atoms with Crippen LogP contribution in [0.15, 0.2) is 47.8 Å².